The Labute approximate surface area is 164 Å². The van der Waals surface area contributed by atoms with Gasteiger partial charge in [-0.1, -0.05) is 35.1 Å². The van der Waals surface area contributed by atoms with Crippen LogP contribution in [0.15, 0.2) is 42.9 Å². The van der Waals surface area contributed by atoms with Crippen LogP contribution >= 0.6 is 22.9 Å². The van der Waals surface area contributed by atoms with E-state index in [0.29, 0.717) is 35.2 Å². The molecule has 0 radical (unpaired) electrons. The zero-order valence-corrected chi connectivity index (χ0v) is 15.6. The standard InChI is InChI=1S/C18H14ClN5O2S/c19-12-4-2-1-3-11(12)17(26)24-8-5-13-15(10-24)27-18(22-13)23-16(25)14-9-20-6-7-21-14/h1-4,6-7,9H,5,8,10H2,(H,22,23,25). The predicted octanol–water partition coefficient (Wildman–Crippen LogP) is 3.04. The Balaban J connectivity index is 1.49. The summed E-state index contributed by atoms with van der Waals surface area (Å²) in [6.45, 7) is 0.996. The summed E-state index contributed by atoms with van der Waals surface area (Å²) in [4.78, 5) is 40.0. The molecule has 3 heterocycles. The van der Waals surface area contributed by atoms with E-state index in [0.717, 1.165) is 10.6 Å². The van der Waals surface area contributed by atoms with Crippen molar-refractivity contribution in [3.8, 4) is 0 Å². The quantitative estimate of drug-likeness (QED) is 0.731. The maximum atomic E-state index is 12.7. The van der Waals surface area contributed by atoms with Crippen molar-refractivity contribution in [1.29, 1.82) is 0 Å². The van der Waals surface area contributed by atoms with Crippen LogP contribution in [-0.4, -0.2) is 38.2 Å². The molecule has 0 saturated heterocycles. The van der Waals surface area contributed by atoms with Crippen molar-refractivity contribution in [3.63, 3.8) is 0 Å². The fraction of sp³-hybridized carbons (Fsp3) is 0.167. The normalized spacial score (nSPS) is 13.1. The first-order valence-electron chi connectivity index (χ1n) is 8.21. The number of carbonyl (C=O) groups is 2. The van der Waals surface area contributed by atoms with Gasteiger partial charge in [-0.2, -0.15) is 0 Å². The molecule has 0 unspecified atom stereocenters. The van der Waals surface area contributed by atoms with Gasteiger partial charge >= 0.3 is 0 Å². The highest BCUT2D eigenvalue weighted by Crippen LogP contribution is 2.30. The molecule has 3 aromatic rings. The topological polar surface area (TPSA) is 88.1 Å². The van der Waals surface area contributed by atoms with E-state index in [1.807, 2.05) is 0 Å². The third-order valence-electron chi connectivity index (χ3n) is 4.14. The summed E-state index contributed by atoms with van der Waals surface area (Å²) >= 11 is 7.50. The molecule has 1 aliphatic heterocycles. The minimum Gasteiger partial charge on any atom is -0.333 e. The van der Waals surface area contributed by atoms with Crippen molar-refractivity contribution in [2.24, 2.45) is 0 Å². The smallest absolute Gasteiger partial charge is 0.277 e. The summed E-state index contributed by atoms with van der Waals surface area (Å²) in [6, 6.07) is 7.01. The summed E-state index contributed by atoms with van der Waals surface area (Å²) in [6.07, 6.45) is 4.99. The van der Waals surface area contributed by atoms with Crippen LogP contribution in [0.4, 0.5) is 5.13 Å². The molecular weight excluding hydrogens is 386 g/mol. The number of thiazole rings is 1. The number of benzene rings is 1. The minimum absolute atomic E-state index is 0.107. The number of fused-ring (bicyclic) bond motifs is 1. The molecule has 7 nitrogen and oxygen atoms in total. The third-order valence-corrected chi connectivity index (χ3v) is 5.47. The molecule has 1 aliphatic rings. The lowest BCUT2D eigenvalue weighted by Crippen LogP contribution is -2.35. The molecule has 0 saturated carbocycles. The summed E-state index contributed by atoms with van der Waals surface area (Å²) < 4.78 is 0. The Kier molecular flexibility index (Phi) is 4.83. The SMILES string of the molecule is O=C(Nc1nc2c(s1)CN(C(=O)c1ccccc1Cl)CC2)c1cnccn1. The molecule has 2 amide bonds. The number of aromatic nitrogens is 3. The van der Waals surface area contributed by atoms with Gasteiger partial charge in [-0.05, 0) is 12.1 Å². The van der Waals surface area contributed by atoms with Gasteiger partial charge in [0, 0.05) is 30.2 Å². The lowest BCUT2D eigenvalue weighted by molar-refractivity contribution is 0.0736. The number of amides is 2. The van der Waals surface area contributed by atoms with Gasteiger partial charge in [0.25, 0.3) is 11.8 Å². The average molecular weight is 400 g/mol. The molecule has 0 spiro atoms. The number of anilines is 1. The van der Waals surface area contributed by atoms with E-state index in [4.69, 9.17) is 11.6 Å². The lowest BCUT2D eigenvalue weighted by atomic mass is 10.1. The van der Waals surface area contributed by atoms with Crippen molar-refractivity contribution in [2.45, 2.75) is 13.0 Å². The largest absolute Gasteiger partial charge is 0.333 e. The van der Waals surface area contributed by atoms with E-state index >= 15 is 0 Å². The third kappa shape index (κ3) is 3.67. The van der Waals surface area contributed by atoms with Crippen LogP contribution in [0.3, 0.4) is 0 Å². The first-order valence-corrected chi connectivity index (χ1v) is 9.41. The molecule has 0 fully saturated rings. The summed E-state index contributed by atoms with van der Waals surface area (Å²) in [7, 11) is 0. The van der Waals surface area contributed by atoms with Crippen molar-refractivity contribution < 1.29 is 9.59 Å². The average Bonchev–Trinajstić information content (AvgIpc) is 3.10. The molecule has 27 heavy (non-hydrogen) atoms. The number of halogens is 1. The first kappa shape index (κ1) is 17.6. The maximum Gasteiger partial charge on any atom is 0.277 e. The highest BCUT2D eigenvalue weighted by molar-refractivity contribution is 7.15. The van der Waals surface area contributed by atoms with Gasteiger partial charge < -0.3 is 4.90 Å². The highest BCUT2D eigenvalue weighted by atomic mass is 35.5. The Morgan fingerprint density at radius 3 is 2.85 bits per heavy atom. The predicted molar refractivity (Wildman–Crippen MR) is 102 cm³/mol. The molecule has 0 aliphatic carbocycles. The second-order valence-electron chi connectivity index (χ2n) is 5.89. The molecule has 1 N–H and O–H groups in total. The zero-order valence-electron chi connectivity index (χ0n) is 14.1. The van der Waals surface area contributed by atoms with Crippen molar-refractivity contribution in [1.82, 2.24) is 19.9 Å². The first-order chi connectivity index (χ1) is 13.1. The van der Waals surface area contributed by atoms with Gasteiger partial charge in [0.2, 0.25) is 0 Å². The van der Waals surface area contributed by atoms with E-state index in [-0.39, 0.29) is 17.5 Å². The van der Waals surface area contributed by atoms with E-state index in [1.54, 1.807) is 29.2 Å². The van der Waals surface area contributed by atoms with Crippen molar-refractivity contribution in [3.05, 3.63) is 69.7 Å². The Morgan fingerprint density at radius 1 is 1.22 bits per heavy atom. The molecular formula is C18H14ClN5O2S. The number of hydrogen-bond acceptors (Lipinski definition) is 6. The summed E-state index contributed by atoms with van der Waals surface area (Å²) in [5, 5.41) is 3.67. The molecule has 1 aromatic carbocycles. The van der Waals surface area contributed by atoms with E-state index in [9.17, 15) is 9.59 Å². The van der Waals surface area contributed by atoms with E-state index in [2.05, 4.69) is 20.3 Å². The summed E-state index contributed by atoms with van der Waals surface area (Å²) in [5.74, 6) is -0.469. The fourth-order valence-corrected chi connectivity index (χ4v) is 4.04. The molecule has 0 bridgehead atoms. The van der Waals surface area contributed by atoms with Crippen molar-refractivity contribution in [2.75, 3.05) is 11.9 Å². The minimum atomic E-state index is -0.363. The molecule has 136 valence electrons. The fourth-order valence-electron chi connectivity index (χ4n) is 2.80. The lowest BCUT2D eigenvalue weighted by Gasteiger charge is -2.26. The Hall–Kier alpha value is -2.84. The van der Waals surface area contributed by atoms with Gasteiger partial charge in [0.15, 0.2) is 5.13 Å². The highest BCUT2D eigenvalue weighted by Gasteiger charge is 2.26. The number of carbonyl (C=O) groups excluding carboxylic acids is 2. The maximum absolute atomic E-state index is 12.7. The van der Waals surface area contributed by atoms with Crippen LogP contribution in [0, 0.1) is 0 Å². The van der Waals surface area contributed by atoms with Crippen molar-refractivity contribution >= 4 is 39.9 Å². The summed E-state index contributed by atoms with van der Waals surface area (Å²) in [5.41, 5.74) is 1.61. The van der Waals surface area contributed by atoms with Crippen LogP contribution in [0.2, 0.25) is 5.02 Å². The van der Waals surface area contributed by atoms with Gasteiger partial charge in [-0.25, -0.2) is 9.97 Å². The number of nitrogens with zero attached hydrogens (tertiary/aromatic N) is 4. The second kappa shape index (κ2) is 7.42. The van der Waals surface area contributed by atoms with Crippen LogP contribution in [0.5, 0.6) is 0 Å². The molecule has 2 aromatic heterocycles. The van der Waals surface area contributed by atoms with Gasteiger partial charge in [0.05, 0.1) is 29.0 Å². The van der Waals surface area contributed by atoms with Crippen LogP contribution in [-0.2, 0) is 13.0 Å². The second-order valence-corrected chi connectivity index (χ2v) is 7.38. The number of hydrogen-bond donors (Lipinski definition) is 1. The number of nitrogens with one attached hydrogen (secondary N) is 1. The van der Waals surface area contributed by atoms with Crippen LogP contribution in [0.25, 0.3) is 0 Å². The monoisotopic (exact) mass is 399 g/mol. The Bertz CT molecular complexity index is 1010. The van der Waals surface area contributed by atoms with Gasteiger partial charge in [0.1, 0.15) is 5.69 Å². The van der Waals surface area contributed by atoms with Crippen LogP contribution < -0.4 is 5.32 Å². The van der Waals surface area contributed by atoms with E-state index in [1.165, 1.54) is 29.9 Å². The van der Waals surface area contributed by atoms with E-state index < -0.39 is 0 Å². The number of rotatable bonds is 3. The zero-order chi connectivity index (χ0) is 18.8. The van der Waals surface area contributed by atoms with Crippen LogP contribution in [0.1, 0.15) is 31.4 Å². The molecule has 9 heteroatoms. The molecule has 0 atom stereocenters. The molecule has 4 rings (SSSR count). The Morgan fingerprint density at radius 2 is 2.07 bits per heavy atom. The van der Waals surface area contributed by atoms with Gasteiger partial charge in [-0.3, -0.25) is 19.9 Å². The van der Waals surface area contributed by atoms with Gasteiger partial charge in [-0.15, -0.1) is 0 Å².